The molecule has 3 aromatic carbocycles. The Hall–Kier alpha value is -4.11. The van der Waals surface area contributed by atoms with E-state index in [4.69, 9.17) is 9.47 Å². The Kier molecular flexibility index (Phi) is 7.46. The topological polar surface area (TPSA) is 56.6 Å². The zero-order valence-electron chi connectivity index (χ0n) is 20.7. The van der Waals surface area contributed by atoms with Crippen LogP contribution in [0, 0.1) is 24.4 Å². The SMILES string of the molecule is Cc1nn(-c2ccccc2)c(Oc2ccc(F)cc2F)c1CN(C[C@H]1CCCO1)C(=O)c1ccc(F)cc1. The average molecular weight is 522 g/mol. The Balaban J connectivity index is 1.56. The molecule has 1 saturated heterocycles. The Morgan fingerprint density at radius 1 is 1.05 bits per heavy atom. The van der Waals surface area contributed by atoms with Crippen LogP contribution in [0.5, 0.6) is 11.6 Å². The van der Waals surface area contributed by atoms with Gasteiger partial charge in [0.25, 0.3) is 5.91 Å². The summed E-state index contributed by atoms with van der Waals surface area (Å²) in [5.41, 5.74) is 2.10. The maximum Gasteiger partial charge on any atom is 0.254 e. The van der Waals surface area contributed by atoms with Crippen molar-refractivity contribution < 1.29 is 27.4 Å². The molecule has 5 rings (SSSR count). The van der Waals surface area contributed by atoms with Crippen molar-refractivity contribution in [2.45, 2.75) is 32.4 Å². The van der Waals surface area contributed by atoms with Gasteiger partial charge < -0.3 is 14.4 Å². The summed E-state index contributed by atoms with van der Waals surface area (Å²) in [5.74, 6) is -2.33. The number of hydrogen-bond donors (Lipinski definition) is 0. The third-order valence-electron chi connectivity index (χ3n) is 6.41. The molecule has 0 aliphatic carbocycles. The maximum atomic E-state index is 14.6. The zero-order valence-corrected chi connectivity index (χ0v) is 20.7. The summed E-state index contributed by atoms with van der Waals surface area (Å²) in [4.78, 5) is 15.2. The minimum absolute atomic E-state index is 0.0763. The van der Waals surface area contributed by atoms with E-state index in [2.05, 4.69) is 5.10 Å². The number of hydrogen-bond acceptors (Lipinski definition) is 4. The number of aryl methyl sites for hydroxylation is 1. The molecule has 1 aliphatic rings. The first-order valence-electron chi connectivity index (χ1n) is 12.3. The molecule has 1 aliphatic heterocycles. The first kappa shape index (κ1) is 25.5. The molecule has 0 saturated carbocycles. The first-order chi connectivity index (χ1) is 18.4. The van der Waals surface area contributed by atoms with E-state index in [1.54, 1.807) is 11.8 Å². The maximum absolute atomic E-state index is 14.6. The lowest BCUT2D eigenvalue weighted by Crippen LogP contribution is -2.37. The van der Waals surface area contributed by atoms with E-state index >= 15 is 0 Å². The normalized spacial score (nSPS) is 15.0. The predicted molar refractivity (Wildman–Crippen MR) is 135 cm³/mol. The van der Waals surface area contributed by atoms with Gasteiger partial charge in [-0.3, -0.25) is 4.79 Å². The van der Waals surface area contributed by atoms with Crippen LogP contribution >= 0.6 is 0 Å². The van der Waals surface area contributed by atoms with Crippen LogP contribution in [0.1, 0.15) is 34.5 Å². The highest BCUT2D eigenvalue weighted by atomic mass is 19.1. The molecular weight excluding hydrogens is 495 g/mol. The quantitative estimate of drug-likeness (QED) is 0.277. The van der Waals surface area contributed by atoms with E-state index in [9.17, 15) is 18.0 Å². The number of para-hydroxylation sites is 1. The number of carbonyl (C=O) groups excluding carboxylic acids is 1. The molecule has 196 valence electrons. The molecule has 2 heterocycles. The summed E-state index contributed by atoms with van der Waals surface area (Å²) >= 11 is 0. The van der Waals surface area contributed by atoms with Gasteiger partial charge in [0.2, 0.25) is 5.88 Å². The summed E-state index contributed by atoms with van der Waals surface area (Å²) in [6.07, 6.45) is 1.55. The number of rotatable bonds is 8. The van der Waals surface area contributed by atoms with Gasteiger partial charge >= 0.3 is 0 Å². The molecule has 9 heteroatoms. The lowest BCUT2D eigenvalue weighted by Gasteiger charge is -2.26. The van der Waals surface area contributed by atoms with E-state index in [0.29, 0.717) is 35.7 Å². The third-order valence-corrected chi connectivity index (χ3v) is 6.41. The summed E-state index contributed by atoms with van der Waals surface area (Å²) in [7, 11) is 0. The molecule has 0 bridgehead atoms. The predicted octanol–water partition coefficient (Wildman–Crippen LogP) is 6.21. The fraction of sp³-hybridized carbons (Fsp3) is 0.241. The van der Waals surface area contributed by atoms with Gasteiger partial charge in [0.05, 0.1) is 29.6 Å². The second-order valence-electron chi connectivity index (χ2n) is 9.12. The van der Waals surface area contributed by atoms with Gasteiger partial charge in [-0.25, -0.2) is 17.9 Å². The molecule has 1 fully saturated rings. The van der Waals surface area contributed by atoms with Gasteiger partial charge in [-0.2, -0.15) is 5.10 Å². The lowest BCUT2D eigenvalue weighted by molar-refractivity contribution is 0.0505. The van der Waals surface area contributed by atoms with Crippen LogP contribution in [-0.2, 0) is 11.3 Å². The van der Waals surface area contributed by atoms with Crippen molar-refractivity contribution in [3.63, 3.8) is 0 Å². The number of aromatic nitrogens is 2. The van der Waals surface area contributed by atoms with Crippen molar-refractivity contribution in [1.29, 1.82) is 0 Å². The molecule has 0 radical (unpaired) electrons. The minimum atomic E-state index is -0.868. The van der Waals surface area contributed by atoms with Crippen LogP contribution in [0.25, 0.3) is 5.69 Å². The van der Waals surface area contributed by atoms with Crippen molar-refractivity contribution in [2.75, 3.05) is 13.2 Å². The van der Waals surface area contributed by atoms with E-state index in [0.717, 1.165) is 25.0 Å². The van der Waals surface area contributed by atoms with Gasteiger partial charge in [0.15, 0.2) is 11.6 Å². The average Bonchev–Trinajstić information content (AvgIpc) is 3.54. The molecule has 4 aromatic rings. The molecule has 38 heavy (non-hydrogen) atoms. The van der Waals surface area contributed by atoms with Crippen LogP contribution in [0.3, 0.4) is 0 Å². The summed E-state index contributed by atoms with van der Waals surface area (Å²) in [5, 5.41) is 4.63. The molecule has 1 aromatic heterocycles. The monoisotopic (exact) mass is 521 g/mol. The largest absolute Gasteiger partial charge is 0.435 e. The van der Waals surface area contributed by atoms with Crippen molar-refractivity contribution in [1.82, 2.24) is 14.7 Å². The first-order valence-corrected chi connectivity index (χ1v) is 12.3. The highest BCUT2D eigenvalue weighted by Gasteiger charge is 2.28. The van der Waals surface area contributed by atoms with E-state index in [-0.39, 0.29) is 30.2 Å². The molecule has 1 atom stereocenters. The number of halogens is 3. The van der Waals surface area contributed by atoms with Gasteiger partial charge in [-0.15, -0.1) is 0 Å². The fourth-order valence-electron chi connectivity index (χ4n) is 4.45. The van der Waals surface area contributed by atoms with Gasteiger partial charge in [0.1, 0.15) is 11.6 Å². The Labute approximate surface area is 218 Å². The van der Waals surface area contributed by atoms with Crippen molar-refractivity contribution in [2.24, 2.45) is 0 Å². The minimum Gasteiger partial charge on any atom is -0.435 e. The Morgan fingerprint density at radius 3 is 2.47 bits per heavy atom. The summed E-state index contributed by atoms with van der Waals surface area (Å²) in [6.45, 7) is 2.77. The van der Waals surface area contributed by atoms with Crippen LogP contribution in [0.4, 0.5) is 13.2 Å². The number of ether oxygens (including phenoxy) is 2. The van der Waals surface area contributed by atoms with E-state index in [1.165, 1.54) is 35.0 Å². The van der Waals surface area contributed by atoms with Gasteiger partial charge in [0, 0.05) is 24.8 Å². The van der Waals surface area contributed by atoms with Gasteiger partial charge in [-0.05, 0) is 68.3 Å². The summed E-state index contributed by atoms with van der Waals surface area (Å²) in [6, 6.07) is 17.6. The molecule has 0 unspecified atom stereocenters. The number of nitrogens with zero attached hydrogens (tertiary/aromatic N) is 3. The van der Waals surface area contributed by atoms with Crippen molar-refractivity contribution in [3.05, 3.63) is 107 Å². The fourth-order valence-corrected chi connectivity index (χ4v) is 4.45. The Bertz CT molecular complexity index is 1420. The zero-order chi connectivity index (χ0) is 26.6. The summed E-state index contributed by atoms with van der Waals surface area (Å²) < 4.78 is 55.0. The van der Waals surface area contributed by atoms with E-state index < -0.39 is 17.5 Å². The highest BCUT2D eigenvalue weighted by molar-refractivity contribution is 5.94. The Morgan fingerprint density at radius 2 is 1.79 bits per heavy atom. The van der Waals surface area contributed by atoms with E-state index in [1.807, 2.05) is 30.3 Å². The smallest absolute Gasteiger partial charge is 0.254 e. The molecule has 1 amide bonds. The molecule has 6 nitrogen and oxygen atoms in total. The van der Waals surface area contributed by atoms with Gasteiger partial charge in [-0.1, -0.05) is 18.2 Å². The molecule has 0 N–H and O–H groups in total. The second-order valence-corrected chi connectivity index (χ2v) is 9.12. The standard InChI is InChI=1S/C29H26F3N3O3/c1-19-25(18-34(17-24-8-5-15-37-24)28(36)20-9-11-21(30)12-10-20)29(35(33-19)23-6-3-2-4-7-23)38-27-14-13-22(31)16-26(27)32/h2-4,6-7,9-14,16,24H,5,8,15,17-18H2,1H3/t24-/m1/s1. The number of benzene rings is 3. The highest BCUT2D eigenvalue weighted by Crippen LogP contribution is 2.33. The van der Waals surface area contributed by atoms with Crippen molar-refractivity contribution in [3.8, 4) is 17.3 Å². The lowest BCUT2D eigenvalue weighted by atomic mass is 10.1. The van der Waals surface area contributed by atoms with Crippen molar-refractivity contribution >= 4 is 5.91 Å². The van der Waals surface area contributed by atoms with Crippen LogP contribution in [0.15, 0.2) is 72.8 Å². The molecule has 0 spiro atoms. The van der Waals surface area contributed by atoms with Crippen LogP contribution in [0.2, 0.25) is 0 Å². The third kappa shape index (κ3) is 5.57. The number of carbonyl (C=O) groups is 1. The number of amides is 1. The second kappa shape index (κ2) is 11.1. The van der Waals surface area contributed by atoms with Crippen LogP contribution < -0.4 is 4.74 Å². The van der Waals surface area contributed by atoms with Crippen LogP contribution in [-0.4, -0.2) is 39.8 Å². The molecular formula is C29H26F3N3O3.